The Morgan fingerprint density at radius 1 is 0.772 bits per heavy atom. The minimum atomic E-state index is -0.526. The van der Waals surface area contributed by atoms with Crippen LogP contribution in [0.4, 0.5) is 4.79 Å². The van der Waals surface area contributed by atoms with Gasteiger partial charge in [0.1, 0.15) is 35.8 Å². The van der Waals surface area contributed by atoms with Crippen molar-refractivity contribution in [3.8, 4) is 0 Å². The van der Waals surface area contributed by atoms with Crippen LogP contribution in [-0.2, 0) is 19.2 Å². The van der Waals surface area contributed by atoms with Gasteiger partial charge in [0.15, 0.2) is 0 Å². The van der Waals surface area contributed by atoms with E-state index in [1.807, 2.05) is 135 Å². The van der Waals surface area contributed by atoms with Gasteiger partial charge in [-0.15, -0.1) is 0 Å². The lowest BCUT2D eigenvalue weighted by atomic mass is 9.79. The molecule has 2 rings (SSSR count). The van der Waals surface area contributed by atoms with Crippen LogP contribution in [0.1, 0.15) is 162 Å². The average Bonchev–Trinajstić information content (AvgIpc) is 3.60. The summed E-state index contributed by atoms with van der Waals surface area (Å²) in [5.41, 5.74) is -0.930. The number of allylic oxidation sites excluding steroid dienone is 4. The molecule has 3 N–H and O–H groups in total. The Kier molecular flexibility index (Phi) is 25.9. The molecule has 9 nitrogen and oxygen atoms in total. The molecular formula is C47H88N3O6S+. The normalized spacial score (nSPS) is 19.0. The summed E-state index contributed by atoms with van der Waals surface area (Å²) in [6.07, 6.45) is 15.3. The van der Waals surface area contributed by atoms with Gasteiger partial charge in [0.2, 0.25) is 0 Å². The molecule has 332 valence electrons. The maximum Gasteiger partial charge on any atom is 0.315 e. The van der Waals surface area contributed by atoms with E-state index in [-0.39, 0.29) is 51.9 Å². The van der Waals surface area contributed by atoms with Crippen LogP contribution in [0.3, 0.4) is 0 Å². The Balaban J connectivity index is 0. The summed E-state index contributed by atoms with van der Waals surface area (Å²) in [4.78, 5) is 57.7. The lowest BCUT2D eigenvalue weighted by molar-refractivity contribution is -0.873. The molecule has 1 unspecified atom stereocenters. The molecule has 0 saturated carbocycles. The van der Waals surface area contributed by atoms with Crippen LogP contribution in [-0.4, -0.2) is 95.6 Å². The van der Waals surface area contributed by atoms with E-state index in [1.54, 1.807) is 0 Å². The summed E-state index contributed by atoms with van der Waals surface area (Å²) in [6, 6.07) is 0.567. The average molecular weight is 823 g/mol. The van der Waals surface area contributed by atoms with Crippen molar-refractivity contribution in [1.82, 2.24) is 10.6 Å². The number of nitrogens with one attached hydrogen (secondary N) is 2. The maximum atomic E-state index is 11.8. The van der Waals surface area contributed by atoms with E-state index >= 15 is 0 Å². The van der Waals surface area contributed by atoms with Gasteiger partial charge in [-0.05, 0) is 32.1 Å². The molecule has 0 aliphatic carbocycles. The summed E-state index contributed by atoms with van der Waals surface area (Å²) in [7, 11) is 6.01. The SMILES string of the molecule is CC(C)(C)C(=O)CC(O)C[N+](C)(C)C.CC(C)(C)C(=O)CCCC[C@@H]1SC[C@@H]2NC(=O)N[C@@H]21.CC/C=C\CC(=O)C(C)(C)C.CC/C=C\CC(C)(C)C(=O)C(C)C. The van der Waals surface area contributed by atoms with Crippen molar-refractivity contribution in [3.63, 3.8) is 0 Å². The zero-order valence-corrected chi connectivity index (χ0v) is 40.6. The second kappa shape index (κ2) is 26.0. The van der Waals surface area contributed by atoms with Crippen LogP contribution in [0.2, 0.25) is 0 Å². The third-order valence-electron chi connectivity index (χ3n) is 9.70. The number of urea groups is 1. The molecule has 2 saturated heterocycles. The number of hydrogen-bond donors (Lipinski definition) is 3. The van der Waals surface area contributed by atoms with Crippen molar-refractivity contribution in [1.29, 1.82) is 0 Å². The van der Waals surface area contributed by atoms with E-state index < -0.39 is 6.10 Å². The van der Waals surface area contributed by atoms with E-state index in [1.165, 1.54) is 0 Å². The molecule has 2 amide bonds. The monoisotopic (exact) mass is 823 g/mol. The van der Waals surface area contributed by atoms with Gasteiger partial charge in [0.05, 0.1) is 33.2 Å². The minimum Gasteiger partial charge on any atom is -0.387 e. The number of fused-ring (bicyclic) bond motifs is 1. The fraction of sp³-hybridized carbons (Fsp3) is 0.809. The first-order chi connectivity index (χ1) is 25.8. The van der Waals surface area contributed by atoms with E-state index in [4.69, 9.17) is 0 Å². The van der Waals surface area contributed by atoms with Gasteiger partial charge in [0, 0.05) is 57.8 Å². The Labute approximate surface area is 354 Å². The van der Waals surface area contributed by atoms with Gasteiger partial charge in [0.25, 0.3) is 0 Å². The van der Waals surface area contributed by atoms with E-state index in [9.17, 15) is 29.1 Å². The number of Topliss-reactive ketones (excluding diaryl/α,β-unsaturated/α-hetero) is 4. The molecule has 57 heavy (non-hydrogen) atoms. The molecule has 0 aromatic rings. The Morgan fingerprint density at radius 3 is 1.74 bits per heavy atom. The van der Waals surface area contributed by atoms with Crippen LogP contribution >= 0.6 is 11.8 Å². The second-order valence-electron chi connectivity index (χ2n) is 20.8. The van der Waals surface area contributed by atoms with Crippen LogP contribution in [0, 0.1) is 27.6 Å². The molecule has 0 bridgehead atoms. The van der Waals surface area contributed by atoms with Gasteiger partial charge in [-0.1, -0.05) is 135 Å². The number of hydrogen-bond acceptors (Lipinski definition) is 7. The van der Waals surface area contributed by atoms with Crippen LogP contribution < -0.4 is 10.6 Å². The Morgan fingerprint density at radius 2 is 1.28 bits per heavy atom. The predicted octanol–water partition coefficient (Wildman–Crippen LogP) is 9.94. The van der Waals surface area contributed by atoms with Gasteiger partial charge in [-0.3, -0.25) is 19.2 Å². The molecule has 2 fully saturated rings. The topological polar surface area (TPSA) is 130 Å². The number of amides is 2. The summed E-state index contributed by atoms with van der Waals surface area (Å²) < 4.78 is 0.679. The second-order valence-corrected chi connectivity index (χ2v) is 22.1. The number of aliphatic hydroxyl groups excluding tert-OH is 1. The molecule has 0 aromatic heterocycles. The molecule has 2 aliphatic rings. The number of likely N-dealkylation sites (N-methyl/N-ethyl adjacent to an activating group) is 1. The highest BCUT2D eigenvalue weighted by molar-refractivity contribution is 8.00. The highest BCUT2D eigenvalue weighted by Crippen LogP contribution is 2.33. The molecule has 0 aromatic carbocycles. The quantitative estimate of drug-likeness (QED) is 0.0577. The van der Waals surface area contributed by atoms with E-state index in [0.29, 0.717) is 52.5 Å². The van der Waals surface area contributed by atoms with Crippen molar-refractivity contribution < 1.29 is 33.6 Å². The first-order valence-corrected chi connectivity index (χ1v) is 22.5. The van der Waals surface area contributed by atoms with Crippen molar-refractivity contribution in [2.75, 3.05) is 33.4 Å². The smallest absolute Gasteiger partial charge is 0.315 e. The summed E-state index contributed by atoms with van der Waals surface area (Å²) >= 11 is 1.94. The predicted molar refractivity (Wildman–Crippen MR) is 243 cm³/mol. The van der Waals surface area contributed by atoms with Gasteiger partial charge in [-0.2, -0.15) is 11.8 Å². The number of unbranched alkanes of at least 4 members (excludes halogenated alkanes) is 1. The molecule has 4 atom stereocenters. The number of carbonyl (C=O) groups is 5. The number of nitrogens with zero attached hydrogens (tertiary/aromatic N) is 1. The fourth-order valence-electron chi connectivity index (χ4n) is 5.96. The van der Waals surface area contributed by atoms with E-state index in [2.05, 4.69) is 36.6 Å². The standard InChI is InChI=1S/C14H24N2O2S.C12H22O.C11H24NO2.C10H18O/c1-14(2,3)11(17)7-5-4-6-10-12-9(8-19-10)15-13(18)16-12;1-6-7-8-9-12(4,5)11(13)10(2)3;1-11(2,3)10(14)7-9(13)8-12(4,5)6;1-5-6-7-8-9(11)10(2,3)4/h9-10,12H,4-8H2,1-3H3,(H2,15,16,18);7-8,10H,6,9H2,1-5H3;9,13H,7-8H2,1-6H3;6-7H,5,8H2,1-4H3/q;;+1;/b;8-7-;;7-6-/t9-,10-,12-;;;/m0.../s1. The van der Waals surface area contributed by atoms with Crippen LogP contribution in [0.5, 0.6) is 0 Å². The summed E-state index contributed by atoms with van der Waals surface area (Å²) in [5, 5.41) is 16.1. The molecule has 0 spiro atoms. The lowest BCUT2D eigenvalue weighted by Crippen LogP contribution is -2.42. The van der Waals surface area contributed by atoms with E-state index in [0.717, 1.165) is 44.3 Å². The zero-order chi connectivity index (χ0) is 45.0. The molecule has 2 aliphatic heterocycles. The third kappa shape index (κ3) is 26.4. The molecular weight excluding hydrogens is 735 g/mol. The van der Waals surface area contributed by atoms with Crippen LogP contribution in [0.25, 0.3) is 0 Å². The van der Waals surface area contributed by atoms with Crippen molar-refractivity contribution in [2.45, 2.75) is 185 Å². The van der Waals surface area contributed by atoms with Gasteiger partial charge in [-0.25, -0.2) is 4.79 Å². The zero-order valence-electron chi connectivity index (χ0n) is 39.8. The van der Waals surface area contributed by atoms with Gasteiger partial charge < -0.3 is 20.2 Å². The molecule has 2 heterocycles. The summed E-state index contributed by atoms with van der Waals surface area (Å²) in [6.45, 7) is 30.2. The molecule has 10 heteroatoms. The van der Waals surface area contributed by atoms with Crippen molar-refractivity contribution >= 4 is 40.9 Å². The first kappa shape index (κ1) is 56.8. The maximum absolute atomic E-state index is 11.8. The highest BCUT2D eigenvalue weighted by Gasteiger charge is 2.42. The number of rotatable bonds is 17. The van der Waals surface area contributed by atoms with Gasteiger partial charge >= 0.3 is 6.03 Å². The summed E-state index contributed by atoms with van der Waals surface area (Å²) in [5.74, 6) is 2.29. The first-order valence-electron chi connectivity index (χ1n) is 21.4. The minimum absolute atomic E-state index is 0.0248. The van der Waals surface area contributed by atoms with Crippen molar-refractivity contribution in [2.24, 2.45) is 27.6 Å². The van der Waals surface area contributed by atoms with Crippen LogP contribution in [0.15, 0.2) is 24.3 Å². The fourth-order valence-corrected chi connectivity index (χ4v) is 7.50. The highest BCUT2D eigenvalue weighted by atomic mass is 32.2. The number of ketones is 4. The largest absolute Gasteiger partial charge is 0.387 e. The lowest BCUT2D eigenvalue weighted by Gasteiger charge is -2.27. The third-order valence-corrected chi connectivity index (χ3v) is 11.2. The van der Waals surface area contributed by atoms with Crippen molar-refractivity contribution in [3.05, 3.63) is 24.3 Å². The number of quaternary nitrogens is 1. The number of aliphatic hydroxyl groups is 1. The number of thioether (sulfide) groups is 1. The number of carbonyl (C=O) groups excluding carboxylic acids is 5. The Hall–Kier alpha value is -2.30. The Bertz CT molecular complexity index is 1290. The molecule has 0 radical (unpaired) electrons.